The summed E-state index contributed by atoms with van der Waals surface area (Å²) in [6.45, 7) is 0. The molecule has 0 spiro atoms. The van der Waals surface area contributed by atoms with Gasteiger partial charge in [0.2, 0.25) is 0 Å². The van der Waals surface area contributed by atoms with Crippen LogP contribution in [0.1, 0.15) is 0 Å². The van der Waals surface area contributed by atoms with E-state index in [1.54, 1.807) is 0 Å². The van der Waals surface area contributed by atoms with Gasteiger partial charge in [0.05, 0.1) is 11.0 Å². The SMILES string of the molecule is c1ccc2c(c1)ncc1c3ccccc3ncc21. The molecular formula is C16H10N2. The Bertz CT molecular complexity index is 806. The van der Waals surface area contributed by atoms with Gasteiger partial charge in [0.15, 0.2) is 0 Å². The number of fused-ring (bicyclic) bond motifs is 5. The molecule has 2 aromatic carbocycles. The van der Waals surface area contributed by atoms with Crippen LogP contribution < -0.4 is 0 Å². The Kier molecular flexibility index (Phi) is 1.86. The van der Waals surface area contributed by atoms with Gasteiger partial charge in [-0.1, -0.05) is 36.4 Å². The van der Waals surface area contributed by atoms with Crippen molar-refractivity contribution >= 4 is 32.6 Å². The molecule has 4 aromatic rings. The van der Waals surface area contributed by atoms with E-state index in [1.165, 1.54) is 10.8 Å². The molecule has 2 aromatic heterocycles. The van der Waals surface area contributed by atoms with Crippen LogP contribution in [0.2, 0.25) is 0 Å². The summed E-state index contributed by atoms with van der Waals surface area (Å²) in [6.07, 6.45) is 3.89. The largest absolute Gasteiger partial charge is 0.256 e. The average molecular weight is 230 g/mol. The fraction of sp³-hybridized carbons (Fsp3) is 0. The van der Waals surface area contributed by atoms with E-state index in [9.17, 15) is 0 Å². The highest BCUT2D eigenvalue weighted by atomic mass is 14.7. The van der Waals surface area contributed by atoms with Gasteiger partial charge in [-0.15, -0.1) is 0 Å². The first-order chi connectivity index (χ1) is 8.93. The van der Waals surface area contributed by atoms with Crippen molar-refractivity contribution in [3.63, 3.8) is 0 Å². The molecule has 2 heterocycles. The van der Waals surface area contributed by atoms with Crippen LogP contribution in [0, 0.1) is 0 Å². The molecule has 0 N–H and O–H groups in total. The molecule has 0 aliphatic heterocycles. The lowest BCUT2D eigenvalue weighted by atomic mass is 10.0. The number of benzene rings is 2. The van der Waals surface area contributed by atoms with Gasteiger partial charge >= 0.3 is 0 Å². The van der Waals surface area contributed by atoms with Gasteiger partial charge < -0.3 is 0 Å². The quantitative estimate of drug-likeness (QED) is 0.428. The van der Waals surface area contributed by atoms with Crippen LogP contribution in [-0.4, -0.2) is 9.97 Å². The van der Waals surface area contributed by atoms with Gasteiger partial charge in [-0.3, -0.25) is 9.97 Å². The van der Waals surface area contributed by atoms with E-state index in [2.05, 4.69) is 22.1 Å². The highest BCUT2D eigenvalue weighted by Crippen LogP contribution is 2.27. The van der Waals surface area contributed by atoms with Crippen LogP contribution in [0.15, 0.2) is 60.9 Å². The maximum Gasteiger partial charge on any atom is 0.0709 e. The third-order valence-electron chi connectivity index (χ3n) is 3.34. The monoisotopic (exact) mass is 230 g/mol. The second-order valence-corrected chi connectivity index (χ2v) is 4.38. The molecule has 0 atom stereocenters. The molecule has 0 aliphatic rings. The second kappa shape index (κ2) is 3.50. The predicted octanol–water partition coefficient (Wildman–Crippen LogP) is 3.94. The number of hydrogen-bond donors (Lipinski definition) is 0. The van der Waals surface area contributed by atoms with Gasteiger partial charge in [0.25, 0.3) is 0 Å². The Labute approximate surface area is 104 Å². The molecular weight excluding hydrogens is 220 g/mol. The van der Waals surface area contributed by atoms with Crippen molar-refractivity contribution in [1.29, 1.82) is 0 Å². The van der Waals surface area contributed by atoms with E-state index >= 15 is 0 Å². The van der Waals surface area contributed by atoms with Crippen LogP contribution in [-0.2, 0) is 0 Å². The normalized spacial score (nSPS) is 11.3. The number of pyridine rings is 2. The number of para-hydroxylation sites is 2. The minimum Gasteiger partial charge on any atom is -0.256 e. The van der Waals surface area contributed by atoms with Crippen molar-refractivity contribution in [3.05, 3.63) is 60.9 Å². The third kappa shape index (κ3) is 1.23. The van der Waals surface area contributed by atoms with E-state index in [-0.39, 0.29) is 0 Å². The van der Waals surface area contributed by atoms with Crippen LogP contribution in [0.5, 0.6) is 0 Å². The van der Waals surface area contributed by atoms with Crippen molar-refractivity contribution in [2.24, 2.45) is 0 Å². The summed E-state index contributed by atoms with van der Waals surface area (Å²) in [7, 11) is 0. The average Bonchev–Trinajstić information content (AvgIpc) is 2.46. The summed E-state index contributed by atoms with van der Waals surface area (Å²) in [5, 5.41) is 4.65. The molecule has 0 amide bonds. The Morgan fingerprint density at radius 3 is 1.44 bits per heavy atom. The van der Waals surface area contributed by atoms with Gasteiger partial charge in [0.1, 0.15) is 0 Å². The molecule has 0 radical (unpaired) electrons. The van der Waals surface area contributed by atoms with E-state index in [0.29, 0.717) is 0 Å². The molecule has 2 nitrogen and oxygen atoms in total. The smallest absolute Gasteiger partial charge is 0.0709 e. The van der Waals surface area contributed by atoms with Crippen LogP contribution in [0.25, 0.3) is 32.6 Å². The summed E-state index contributed by atoms with van der Waals surface area (Å²) >= 11 is 0. The highest BCUT2D eigenvalue weighted by Gasteiger charge is 2.05. The first-order valence-corrected chi connectivity index (χ1v) is 5.95. The first kappa shape index (κ1) is 9.54. The minimum absolute atomic E-state index is 1.02. The van der Waals surface area contributed by atoms with Gasteiger partial charge in [0, 0.05) is 33.9 Å². The topological polar surface area (TPSA) is 25.8 Å². The van der Waals surface area contributed by atoms with E-state index < -0.39 is 0 Å². The van der Waals surface area contributed by atoms with E-state index in [1.807, 2.05) is 48.8 Å². The molecule has 0 saturated carbocycles. The van der Waals surface area contributed by atoms with Crippen LogP contribution in [0.3, 0.4) is 0 Å². The zero-order chi connectivity index (χ0) is 11.9. The molecule has 18 heavy (non-hydrogen) atoms. The third-order valence-corrected chi connectivity index (χ3v) is 3.34. The molecule has 0 unspecified atom stereocenters. The van der Waals surface area contributed by atoms with E-state index in [0.717, 1.165) is 21.8 Å². The lowest BCUT2D eigenvalue weighted by molar-refractivity contribution is 1.41. The molecule has 0 bridgehead atoms. The Hall–Kier alpha value is -2.48. The van der Waals surface area contributed by atoms with Gasteiger partial charge in [-0.05, 0) is 12.1 Å². The van der Waals surface area contributed by atoms with E-state index in [4.69, 9.17) is 0 Å². The zero-order valence-corrected chi connectivity index (χ0v) is 9.67. The predicted molar refractivity (Wildman–Crippen MR) is 74.6 cm³/mol. The molecule has 84 valence electrons. The molecule has 0 fully saturated rings. The summed E-state index contributed by atoms with van der Waals surface area (Å²) in [5.74, 6) is 0. The number of hydrogen-bond acceptors (Lipinski definition) is 2. The fourth-order valence-electron chi connectivity index (χ4n) is 2.46. The summed E-state index contributed by atoms with van der Waals surface area (Å²) in [4.78, 5) is 9.06. The minimum atomic E-state index is 1.02. The molecule has 0 saturated heterocycles. The Morgan fingerprint density at radius 1 is 0.500 bits per heavy atom. The summed E-state index contributed by atoms with van der Waals surface area (Å²) < 4.78 is 0. The molecule has 4 rings (SSSR count). The number of rotatable bonds is 0. The van der Waals surface area contributed by atoms with Crippen molar-refractivity contribution in [1.82, 2.24) is 9.97 Å². The van der Waals surface area contributed by atoms with Gasteiger partial charge in [-0.2, -0.15) is 0 Å². The van der Waals surface area contributed by atoms with Crippen molar-refractivity contribution in [2.75, 3.05) is 0 Å². The number of nitrogens with zero attached hydrogens (tertiary/aromatic N) is 2. The maximum absolute atomic E-state index is 4.53. The molecule has 2 heteroatoms. The van der Waals surface area contributed by atoms with Crippen molar-refractivity contribution < 1.29 is 0 Å². The van der Waals surface area contributed by atoms with Crippen molar-refractivity contribution in [3.8, 4) is 0 Å². The standard InChI is InChI=1S/C16H10N2/c1-3-7-15-11(5-1)13-9-18-16-8-4-2-6-12(16)14(13)10-17-15/h1-10H. The zero-order valence-electron chi connectivity index (χ0n) is 9.67. The van der Waals surface area contributed by atoms with Gasteiger partial charge in [-0.25, -0.2) is 0 Å². The summed E-state index contributed by atoms with van der Waals surface area (Å²) in [5.41, 5.74) is 2.03. The number of aromatic nitrogens is 2. The van der Waals surface area contributed by atoms with Crippen LogP contribution >= 0.6 is 0 Å². The lowest BCUT2D eigenvalue weighted by Gasteiger charge is -2.05. The second-order valence-electron chi connectivity index (χ2n) is 4.38. The Morgan fingerprint density at radius 2 is 0.944 bits per heavy atom. The first-order valence-electron chi connectivity index (χ1n) is 5.95. The van der Waals surface area contributed by atoms with Crippen molar-refractivity contribution in [2.45, 2.75) is 0 Å². The van der Waals surface area contributed by atoms with Crippen LogP contribution in [0.4, 0.5) is 0 Å². The summed E-state index contributed by atoms with van der Waals surface area (Å²) in [6, 6.07) is 16.4. The lowest BCUT2D eigenvalue weighted by Crippen LogP contribution is -1.85. The Balaban J connectivity index is 2.31. The molecule has 0 aliphatic carbocycles. The maximum atomic E-state index is 4.53. The highest BCUT2D eigenvalue weighted by molar-refractivity contribution is 6.14. The fourth-order valence-corrected chi connectivity index (χ4v) is 2.46.